The second kappa shape index (κ2) is 6.69. The summed E-state index contributed by atoms with van der Waals surface area (Å²) in [4.78, 5) is 12.0. The van der Waals surface area contributed by atoms with Crippen LogP contribution in [0.25, 0.3) is 0 Å². The summed E-state index contributed by atoms with van der Waals surface area (Å²) in [5, 5.41) is 9.28. The highest BCUT2D eigenvalue weighted by atomic mass is 32.2. The standard InChI is InChI=1S/C14H20O3S/c1-9(2)8-10(3)17-11-6-5-7-12(18-4)13(11)14(15)16/h5-7,9-10H,8H2,1-4H3,(H,15,16). The molecule has 1 aromatic carbocycles. The predicted molar refractivity (Wildman–Crippen MR) is 74.7 cm³/mol. The van der Waals surface area contributed by atoms with E-state index in [9.17, 15) is 9.90 Å². The lowest BCUT2D eigenvalue weighted by molar-refractivity contribution is 0.0684. The summed E-state index contributed by atoms with van der Waals surface area (Å²) < 4.78 is 5.77. The molecule has 1 rings (SSSR count). The quantitative estimate of drug-likeness (QED) is 0.794. The zero-order valence-electron chi connectivity index (χ0n) is 11.3. The number of hydrogen-bond donors (Lipinski definition) is 1. The third-order valence-electron chi connectivity index (χ3n) is 2.55. The zero-order chi connectivity index (χ0) is 13.7. The van der Waals surface area contributed by atoms with E-state index in [1.54, 1.807) is 12.1 Å². The van der Waals surface area contributed by atoms with Gasteiger partial charge in [-0.25, -0.2) is 4.79 Å². The highest BCUT2D eigenvalue weighted by Gasteiger charge is 2.18. The van der Waals surface area contributed by atoms with Gasteiger partial charge in [0.2, 0.25) is 0 Å². The summed E-state index contributed by atoms with van der Waals surface area (Å²) in [6, 6.07) is 5.35. The van der Waals surface area contributed by atoms with Crippen LogP contribution in [0.1, 0.15) is 37.6 Å². The molecule has 100 valence electrons. The molecule has 0 bridgehead atoms. The van der Waals surface area contributed by atoms with Gasteiger partial charge in [-0.15, -0.1) is 11.8 Å². The van der Waals surface area contributed by atoms with Gasteiger partial charge in [-0.1, -0.05) is 19.9 Å². The molecule has 0 heterocycles. The third kappa shape index (κ3) is 3.95. The van der Waals surface area contributed by atoms with Crippen LogP contribution in [0, 0.1) is 5.92 Å². The van der Waals surface area contributed by atoms with E-state index in [1.807, 2.05) is 19.2 Å². The molecule has 0 amide bonds. The number of ether oxygens (including phenoxy) is 1. The molecule has 0 aliphatic rings. The van der Waals surface area contributed by atoms with Crippen molar-refractivity contribution in [2.24, 2.45) is 5.92 Å². The summed E-state index contributed by atoms with van der Waals surface area (Å²) in [5.74, 6) is 0.0474. The van der Waals surface area contributed by atoms with Gasteiger partial charge in [0.15, 0.2) is 0 Å². The number of carbonyl (C=O) groups is 1. The molecule has 0 saturated heterocycles. The Balaban J connectivity index is 2.98. The van der Waals surface area contributed by atoms with E-state index in [0.29, 0.717) is 11.7 Å². The van der Waals surface area contributed by atoms with Crippen molar-refractivity contribution in [1.82, 2.24) is 0 Å². The molecular formula is C14H20O3S. The van der Waals surface area contributed by atoms with Crippen LogP contribution in [0.5, 0.6) is 5.75 Å². The number of thioether (sulfide) groups is 1. The van der Waals surface area contributed by atoms with Gasteiger partial charge < -0.3 is 9.84 Å². The molecule has 4 heteroatoms. The van der Waals surface area contributed by atoms with Crippen molar-refractivity contribution in [3.05, 3.63) is 23.8 Å². The van der Waals surface area contributed by atoms with Crippen molar-refractivity contribution in [1.29, 1.82) is 0 Å². The lowest BCUT2D eigenvalue weighted by Gasteiger charge is -2.18. The predicted octanol–water partition coefficient (Wildman–Crippen LogP) is 3.92. The minimum absolute atomic E-state index is 0.0141. The van der Waals surface area contributed by atoms with E-state index in [4.69, 9.17) is 4.74 Å². The van der Waals surface area contributed by atoms with Crippen LogP contribution in [-0.4, -0.2) is 23.4 Å². The Morgan fingerprint density at radius 2 is 2.06 bits per heavy atom. The Morgan fingerprint density at radius 3 is 2.56 bits per heavy atom. The van der Waals surface area contributed by atoms with Crippen molar-refractivity contribution in [3.8, 4) is 5.75 Å². The topological polar surface area (TPSA) is 46.5 Å². The molecule has 0 aliphatic carbocycles. The number of benzene rings is 1. The Labute approximate surface area is 113 Å². The number of rotatable bonds is 6. The zero-order valence-corrected chi connectivity index (χ0v) is 12.1. The van der Waals surface area contributed by atoms with Crippen LogP contribution in [0.15, 0.2) is 23.1 Å². The van der Waals surface area contributed by atoms with Gasteiger partial charge in [-0.2, -0.15) is 0 Å². The largest absolute Gasteiger partial charge is 0.490 e. The number of carboxylic acid groups (broad SMARTS) is 1. The van der Waals surface area contributed by atoms with Crippen LogP contribution in [0.4, 0.5) is 0 Å². The Morgan fingerprint density at radius 1 is 1.39 bits per heavy atom. The lowest BCUT2D eigenvalue weighted by Crippen LogP contribution is -2.16. The fourth-order valence-electron chi connectivity index (χ4n) is 1.92. The summed E-state index contributed by atoms with van der Waals surface area (Å²) in [6.45, 7) is 6.21. The average Bonchev–Trinajstić information content (AvgIpc) is 2.26. The van der Waals surface area contributed by atoms with Gasteiger partial charge in [0.25, 0.3) is 0 Å². The smallest absolute Gasteiger partial charge is 0.340 e. The van der Waals surface area contributed by atoms with Crippen molar-refractivity contribution < 1.29 is 14.6 Å². The minimum atomic E-state index is -0.938. The summed E-state index contributed by atoms with van der Waals surface area (Å²) in [5.41, 5.74) is 0.264. The maximum atomic E-state index is 11.3. The molecule has 0 aromatic heterocycles. The second-order valence-corrected chi connectivity index (χ2v) is 5.54. The average molecular weight is 268 g/mol. The molecule has 3 nitrogen and oxygen atoms in total. The van der Waals surface area contributed by atoms with Gasteiger partial charge in [0.05, 0.1) is 6.10 Å². The molecule has 0 fully saturated rings. The molecule has 1 aromatic rings. The molecule has 0 aliphatic heterocycles. The third-order valence-corrected chi connectivity index (χ3v) is 3.33. The van der Waals surface area contributed by atoms with Gasteiger partial charge in [-0.3, -0.25) is 0 Å². The Kier molecular flexibility index (Phi) is 5.54. The highest BCUT2D eigenvalue weighted by Crippen LogP contribution is 2.30. The molecule has 1 atom stereocenters. The van der Waals surface area contributed by atoms with Crippen LogP contribution in [0.3, 0.4) is 0 Å². The van der Waals surface area contributed by atoms with Gasteiger partial charge >= 0.3 is 5.97 Å². The molecule has 1 N–H and O–H groups in total. The first kappa shape index (κ1) is 14.9. The van der Waals surface area contributed by atoms with E-state index < -0.39 is 5.97 Å². The monoisotopic (exact) mass is 268 g/mol. The highest BCUT2D eigenvalue weighted by molar-refractivity contribution is 7.98. The molecule has 0 radical (unpaired) electrons. The minimum Gasteiger partial charge on any atom is -0.490 e. The van der Waals surface area contributed by atoms with Crippen LogP contribution in [-0.2, 0) is 0 Å². The van der Waals surface area contributed by atoms with E-state index in [-0.39, 0.29) is 11.7 Å². The van der Waals surface area contributed by atoms with Gasteiger partial charge in [0, 0.05) is 4.90 Å². The Hall–Kier alpha value is -1.16. The van der Waals surface area contributed by atoms with Crippen molar-refractivity contribution >= 4 is 17.7 Å². The fourth-order valence-corrected chi connectivity index (χ4v) is 2.53. The van der Waals surface area contributed by atoms with E-state index in [0.717, 1.165) is 11.3 Å². The van der Waals surface area contributed by atoms with Crippen LogP contribution >= 0.6 is 11.8 Å². The second-order valence-electron chi connectivity index (χ2n) is 4.70. The van der Waals surface area contributed by atoms with Crippen molar-refractivity contribution in [3.63, 3.8) is 0 Å². The molecule has 0 saturated carbocycles. The SMILES string of the molecule is CSc1cccc(OC(C)CC(C)C)c1C(=O)O. The first-order valence-corrected chi connectivity index (χ1v) is 7.25. The van der Waals surface area contributed by atoms with Crippen molar-refractivity contribution in [2.45, 2.75) is 38.2 Å². The fraction of sp³-hybridized carbons (Fsp3) is 0.500. The van der Waals surface area contributed by atoms with Gasteiger partial charge in [0.1, 0.15) is 11.3 Å². The summed E-state index contributed by atoms with van der Waals surface area (Å²) in [6.07, 6.45) is 2.78. The van der Waals surface area contributed by atoms with E-state index in [1.165, 1.54) is 11.8 Å². The number of hydrogen-bond acceptors (Lipinski definition) is 3. The molecule has 18 heavy (non-hydrogen) atoms. The molecule has 1 unspecified atom stereocenters. The van der Waals surface area contributed by atoms with Crippen LogP contribution in [0.2, 0.25) is 0 Å². The number of aromatic carboxylic acids is 1. The molecule has 0 spiro atoms. The first-order chi connectivity index (χ1) is 8.45. The normalized spacial score (nSPS) is 12.5. The maximum absolute atomic E-state index is 11.3. The Bertz CT molecular complexity index is 416. The summed E-state index contributed by atoms with van der Waals surface area (Å²) >= 11 is 1.42. The maximum Gasteiger partial charge on any atom is 0.340 e. The van der Waals surface area contributed by atoms with E-state index >= 15 is 0 Å². The van der Waals surface area contributed by atoms with Crippen molar-refractivity contribution in [2.75, 3.05) is 6.26 Å². The van der Waals surface area contributed by atoms with Crippen LogP contribution < -0.4 is 4.74 Å². The van der Waals surface area contributed by atoms with E-state index in [2.05, 4.69) is 13.8 Å². The molecular weight excluding hydrogens is 248 g/mol. The number of carboxylic acids is 1. The lowest BCUT2D eigenvalue weighted by atomic mass is 10.1. The first-order valence-electron chi connectivity index (χ1n) is 6.02. The van der Waals surface area contributed by atoms with Gasteiger partial charge in [-0.05, 0) is 37.7 Å². The summed E-state index contributed by atoms with van der Waals surface area (Å²) in [7, 11) is 0.